The molecule has 6 heteroatoms. The van der Waals surface area contributed by atoms with Crippen molar-refractivity contribution in [2.24, 2.45) is 0 Å². The van der Waals surface area contributed by atoms with Crippen LogP contribution in [0.4, 0.5) is 5.82 Å². The number of rotatable bonds is 4. The normalized spacial score (nSPS) is 10.9. The third-order valence-corrected chi connectivity index (χ3v) is 4.93. The highest BCUT2D eigenvalue weighted by Crippen LogP contribution is 2.30. The first-order valence-electron chi connectivity index (χ1n) is 6.25. The summed E-state index contributed by atoms with van der Waals surface area (Å²) in [6.45, 7) is 1.98. The molecule has 0 amide bonds. The van der Waals surface area contributed by atoms with Crippen LogP contribution in [0.2, 0.25) is 0 Å². The SMILES string of the molecule is CNc1cc(C)nc(CSc2nc3ccccc3s2)n1. The minimum Gasteiger partial charge on any atom is -0.373 e. The first-order valence-corrected chi connectivity index (χ1v) is 8.05. The van der Waals surface area contributed by atoms with Gasteiger partial charge in [-0.1, -0.05) is 23.9 Å². The van der Waals surface area contributed by atoms with Gasteiger partial charge in [-0.3, -0.25) is 0 Å². The number of hydrogen-bond acceptors (Lipinski definition) is 6. The Balaban J connectivity index is 1.77. The van der Waals surface area contributed by atoms with E-state index >= 15 is 0 Å². The molecule has 1 N–H and O–H groups in total. The highest BCUT2D eigenvalue weighted by Gasteiger charge is 2.06. The number of fused-ring (bicyclic) bond motifs is 1. The van der Waals surface area contributed by atoms with E-state index in [4.69, 9.17) is 0 Å². The first-order chi connectivity index (χ1) is 9.74. The molecule has 0 fully saturated rings. The Hall–Kier alpha value is -1.66. The van der Waals surface area contributed by atoms with Gasteiger partial charge >= 0.3 is 0 Å². The molecule has 2 aromatic heterocycles. The molecular formula is C14H14N4S2. The van der Waals surface area contributed by atoms with E-state index in [0.29, 0.717) is 0 Å². The van der Waals surface area contributed by atoms with Crippen molar-refractivity contribution in [1.29, 1.82) is 0 Å². The molecule has 0 aliphatic carbocycles. The fourth-order valence-electron chi connectivity index (χ4n) is 1.86. The summed E-state index contributed by atoms with van der Waals surface area (Å²) in [6.07, 6.45) is 0. The van der Waals surface area contributed by atoms with Crippen molar-refractivity contribution < 1.29 is 0 Å². The molecule has 0 aliphatic rings. The van der Waals surface area contributed by atoms with Gasteiger partial charge in [-0.05, 0) is 19.1 Å². The molecule has 102 valence electrons. The minimum absolute atomic E-state index is 0.732. The molecular weight excluding hydrogens is 288 g/mol. The number of nitrogens with one attached hydrogen (secondary N) is 1. The molecule has 3 aromatic rings. The Morgan fingerprint density at radius 2 is 2.05 bits per heavy atom. The van der Waals surface area contributed by atoms with Gasteiger partial charge in [0.1, 0.15) is 11.6 Å². The summed E-state index contributed by atoms with van der Waals surface area (Å²) in [5.41, 5.74) is 2.03. The average molecular weight is 302 g/mol. The van der Waals surface area contributed by atoms with Crippen LogP contribution in [0.3, 0.4) is 0 Å². The van der Waals surface area contributed by atoms with Crippen molar-refractivity contribution in [3.8, 4) is 0 Å². The summed E-state index contributed by atoms with van der Waals surface area (Å²) in [5, 5.41) is 3.05. The van der Waals surface area contributed by atoms with Gasteiger partial charge in [0.25, 0.3) is 0 Å². The van der Waals surface area contributed by atoms with Gasteiger partial charge in [-0.25, -0.2) is 15.0 Å². The van der Waals surface area contributed by atoms with Gasteiger partial charge in [-0.15, -0.1) is 11.3 Å². The Bertz CT molecular complexity index is 706. The number of hydrogen-bond donors (Lipinski definition) is 1. The number of aromatic nitrogens is 3. The van der Waals surface area contributed by atoms with E-state index in [0.717, 1.165) is 32.9 Å². The standard InChI is InChI=1S/C14H14N4S2/c1-9-7-12(15-2)18-13(16-9)8-19-14-17-10-5-3-4-6-11(10)20-14/h3-7H,8H2,1-2H3,(H,15,16,18). The van der Waals surface area contributed by atoms with E-state index in [1.165, 1.54) is 4.70 Å². The molecule has 20 heavy (non-hydrogen) atoms. The number of thioether (sulfide) groups is 1. The molecule has 2 heterocycles. The molecule has 0 spiro atoms. The fraction of sp³-hybridized carbons (Fsp3) is 0.214. The van der Waals surface area contributed by atoms with Gasteiger partial charge in [0.2, 0.25) is 0 Å². The second-order valence-corrected chi connectivity index (χ2v) is 6.55. The van der Waals surface area contributed by atoms with E-state index in [1.807, 2.05) is 38.2 Å². The third-order valence-electron chi connectivity index (χ3n) is 2.76. The molecule has 1 aromatic carbocycles. The largest absolute Gasteiger partial charge is 0.373 e. The van der Waals surface area contributed by atoms with Gasteiger partial charge < -0.3 is 5.32 Å². The van der Waals surface area contributed by atoms with Gasteiger partial charge in [0, 0.05) is 18.8 Å². The van der Waals surface area contributed by atoms with Crippen molar-refractivity contribution in [3.05, 3.63) is 41.9 Å². The molecule has 0 atom stereocenters. The number of para-hydroxylation sites is 1. The third kappa shape index (κ3) is 2.91. The molecule has 0 aliphatic heterocycles. The number of thiazole rings is 1. The zero-order valence-electron chi connectivity index (χ0n) is 11.3. The lowest BCUT2D eigenvalue weighted by molar-refractivity contribution is 0.996. The topological polar surface area (TPSA) is 50.7 Å². The lowest BCUT2D eigenvalue weighted by Crippen LogP contribution is -2.00. The molecule has 0 bridgehead atoms. The molecule has 0 saturated carbocycles. The van der Waals surface area contributed by atoms with Crippen LogP contribution in [0, 0.1) is 6.92 Å². The number of benzene rings is 1. The summed E-state index contributed by atoms with van der Waals surface area (Å²) in [6, 6.07) is 10.1. The van der Waals surface area contributed by atoms with Crippen LogP contribution in [0.1, 0.15) is 11.5 Å². The predicted molar refractivity (Wildman–Crippen MR) is 85.5 cm³/mol. The minimum atomic E-state index is 0.732. The van der Waals surface area contributed by atoms with Crippen molar-refractivity contribution in [1.82, 2.24) is 15.0 Å². The Kier molecular flexibility index (Phi) is 3.84. The number of nitrogens with zero attached hydrogens (tertiary/aromatic N) is 3. The monoisotopic (exact) mass is 302 g/mol. The molecule has 0 saturated heterocycles. The quantitative estimate of drug-likeness (QED) is 0.744. The predicted octanol–water partition coefficient (Wildman–Crippen LogP) is 3.73. The summed E-state index contributed by atoms with van der Waals surface area (Å²) in [4.78, 5) is 13.5. The maximum atomic E-state index is 4.60. The molecule has 3 rings (SSSR count). The van der Waals surface area contributed by atoms with Crippen molar-refractivity contribution in [3.63, 3.8) is 0 Å². The van der Waals surface area contributed by atoms with Crippen LogP contribution in [0.15, 0.2) is 34.7 Å². The van der Waals surface area contributed by atoms with Gasteiger partial charge in [0.05, 0.1) is 16.0 Å². The van der Waals surface area contributed by atoms with Crippen LogP contribution in [0.25, 0.3) is 10.2 Å². The molecule has 0 unspecified atom stereocenters. The van der Waals surface area contributed by atoms with Crippen molar-refractivity contribution in [2.45, 2.75) is 17.0 Å². The Morgan fingerprint density at radius 1 is 1.20 bits per heavy atom. The Morgan fingerprint density at radius 3 is 2.85 bits per heavy atom. The van der Waals surface area contributed by atoms with E-state index < -0.39 is 0 Å². The summed E-state index contributed by atoms with van der Waals surface area (Å²) >= 11 is 3.39. The van der Waals surface area contributed by atoms with E-state index in [9.17, 15) is 0 Å². The first kappa shape index (κ1) is 13.3. The number of anilines is 1. The van der Waals surface area contributed by atoms with Gasteiger partial charge in [-0.2, -0.15) is 0 Å². The second kappa shape index (κ2) is 5.76. The van der Waals surface area contributed by atoms with Crippen LogP contribution in [-0.4, -0.2) is 22.0 Å². The summed E-state index contributed by atoms with van der Waals surface area (Å²) in [7, 11) is 1.87. The smallest absolute Gasteiger partial charge is 0.151 e. The zero-order chi connectivity index (χ0) is 13.9. The van der Waals surface area contributed by atoms with Gasteiger partial charge in [0.15, 0.2) is 4.34 Å². The van der Waals surface area contributed by atoms with E-state index in [2.05, 4.69) is 26.3 Å². The summed E-state index contributed by atoms with van der Waals surface area (Å²) < 4.78 is 2.28. The highest BCUT2D eigenvalue weighted by atomic mass is 32.2. The van der Waals surface area contributed by atoms with Crippen molar-refractivity contribution in [2.75, 3.05) is 12.4 Å². The fourth-order valence-corrected chi connectivity index (χ4v) is 3.79. The second-order valence-electron chi connectivity index (χ2n) is 4.30. The lowest BCUT2D eigenvalue weighted by Gasteiger charge is -2.04. The highest BCUT2D eigenvalue weighted by molar-refractivity contribution is 8.00. The van der Waals surface area contributed by atoms with Crippen molar-refractivity contribution >= 4 is 39.1 Å². The maximum absolute atomic E-state index is 4.60. The number of aryl methyl sites for hydroxylation is 1. The zero-order valence-corrected chi connectivity index (χ0v) is 12.9. The van der Waals surface area contributed by atoms with Crippen LogP contribution < -0.4 is 5.32 Å². The van der Waals surface area contributed by atoms with E-state index in [1.54, 1.807) is 23.1 Å². The van der Waals surface area contributed by atoms with Crippen LogP contribution in [0.5, 0.6) is 0 Å². The van der Waals surface area contributed by atoms with Crippen LogP contribution in [-0.2, 0) is 5.75 Å². The Labute approximate surface area is 125 Å². The van der Waals surface area contributed by atoms with Crippen LogP contribution >= 0.6 is 23.1 Å². The summed E-state index contributed by atoms with van der Waals surface area (Å²) in [5.74, 6) is 2.42. The van der Waals surface area contributed by atoms with E-state index in [-0.39, 0.29) is 0 Å². The maximum Gasteiger partial charge on any atom is 0.151 e. The molecule has 4 nitrogen and oxygen atoms in total. The lowest BCUT2D eigenvalue weighted by atomic mass is 10.3. The average Bonchev–Trinajstić information content (AvgIpc) is 2.87. The molecule has 0 radical (unpaired) electrons.